The van der Waals surface area contributed by atoms with Crippen molar-refractivity contribution >= 4 is 11.7 Å². The molecule has 0 aliphatic rings. The molecule has 2 N–H and O–H groups in total. The van der Waals surface area contributed by atoms with Gasteiger partial charge in [-0.1, -0.05) is 12.1 Å². The summed E-state index contributed by atoms with van der Waals surface area (Å²) < 4.78 is 26.7. The minimum atomic E-state index is -1.19. The first-order chi connectivity index (χ1) is 9.99. The number of hydrogen-bond donors (Lipinski definition) is 2. The quantitative estimate of drug-likeness (QED) is 0.884. The summed E-state index contributed by atoms with van der Waals surface area (Å²) in [6.45, 7) is 2.15. The number of benzene rings is 2. The molecule has 0 radical (unpaired) electrons. The molecule has 0 aliphatic heterocycles. The molecule has 0 aliphatic carbocycles. The number of carbonyl (C=O) groups is 1. The van der Waals surface area contributed by atoms with Crippen LogP contribution in [0.25, 0.3) is 0 Å². The third-order valence-corrected chi connectivity index (χ3v) is 3.24. The van der Waals surface area contributed by atoms with Crippen molar-refractivity contribution in [3.8, 4) is 0 Å². The van der Waals surface area contributed by atoms with Crippen LogP contribution in [-0.4, -0.2) is 17.6 Å². The van der Waals surface area contributed by atoms with Crippen LogP contribution in [0.3, 0.4) is 0 Å². The Kier molecular flexibility index (Phi) is 4.52. The predicted octanol–water partition coefficient (Wildman–Crippen LogP) is 3.63. The number of para-hydroxylation sites is 1. The lowest BCUT2D eigenvalue weighted by atomic mass is 10.1. The molecule has 110 valence electrons. The van der Waals surface area contributed by atoms with Gasteiger partial charge in [0.1, 0.15) is 11.6 Å². The molecule has 0 atom stereocenters. The van der Waals surface area contributed by atoms with Gasteiger partial charge >= 0.3 is 5.97 Å². The topological polar surface area (TPSA) is 49.3 Å². The number of hydrogen-bond acceptors (Lipinski definition) is 2. The molecular weight excluding hydrogens is 276 g/mol. The van der Waals surface area contributed by atoms with E-state index in [0.717, 1.165) is 11.1 Å². The van der Waals surface area contributed by atoms with E-state index in [9.17, 15) is 13.6 Å². The molecule has 5 heteroatoms. The SMILES string of the molecule is Cc1cc(F)ccc1CCNc1c(F)cccc1C(=O)O. The van der Waals surface area contributed by atoms with Crippen LogP contribution in [0.2, 0.25) is 0 Å². The molecule has 0 heterocycles. The van der Waals surface area contributed by atoms with E-state index in [4.69, 9.17) is 5.11 Å². The van der Waals surface area contributed by atoms with Crippen LogP contribution in [0, 0.1) is 18.6 Å². The lowest BCUT2D eigenvalue weighted by Crippen LogP contribution is -2.11. The molecule has 0 saturated heterocycles. The van der Waals surface area contributed by atoms with Crippen LogP contribution >= 0.6 is 0 Å². The third kappa shape index (κ3) is 3.56. The Balaban J connectivity index is 2.09. The van der Waals surface area contributed by atoms with Crippen molar-refractivity contribution in [2.75, 3.05) is 11.9 Å². The summed E-state index contributed by atoms with van der Waals surface area (Å²) in [5.41, 5.74) is 1.61. The van der Waals surface area contributed by atoms with E-state index in [-0.39, 0.29) is 17.1 Å². The number of halogens is 2. The molecule has 21 heavy (non-hydrogen) atoms. The first-order valence-electron chi connectivity index (χ1n) is 6.49. The molecule has 2 aromatic carbocycles. The molecule has 2 aromatic rings. The van der Waals surface area contributed by atoms with Gasteiger partial charge in [0.05, 0.1) is 11.3 Å². The van der Waals surface area contributed by atoms with Gasteiger partial charge in [0, 0.05) is 6.54 Å². The maximum atomic E-state index is 13.7. The highest BCUT2D eigenvalue weighted by Gasteiger charge is 2.13. The van der Waals surface area contributed by atoms with Crippen molar-refractivity contribution in [1.29, 1.82) is 0 Å². The molecule has 0 unspecified atom stereocenters. The van der Waals surface area contributed by atoms with E-state index in [1.807, 2.05) is 0 Å². The normalized spacial score (nSPS) is 10.4. The van der Waals surface area contributed by atoms with Crippen LogP contribution in [0.15, 0.2) is 36.4 Å². The second-order valence-corrected chi connectivity index (χ2v) is 4.72. The maximum absolute atomic E-state index is 13.7. The van der Waals surface area contributed by atoms with Crippen molar-refractivity contribution in [2.24, 2.45) is 0 Å². The first-order valence-corrected chi connectivity index (χ1v) is 6.49. The molecule has 0 saturated carbocycles. The Labute approximate surface area is 121 Å². The van der Waals surface area contributed by atoms with Crippen LogP contribution in [0.5, 0.6) is 0 Å². The summed E-state index contributed by atoms with van der Waals surface area (Å²) in [5.74, 6) is -2.09. The van der Waals surface area contributed by atoms with Crippen molar-refractivity contribution in [3.63, 3.8) is 0 Å². The number of carboxylic acid groups (broad SMARTS) is 1. The summed E-state index contributed by atoms with van der Waals surface area (Å²) >= 11 is 0. The summed E-state index contributed by atoms with van der Waals surface area (Å²) in [6.07, 6.45) is 0.541. The van der Waals surface area contributed by atoms with Gasteiger partial charge in [0.15, 0.2) is 0 Å². The van der Waals surface area contributed by atoms with Crippen LogP contribution in [-0.2, 0) is 6.42 Å². The zero-order valence-corrected chi connectivity index (χ0v) is 11.5. The Morgan fingerprint density at radius 3 is 2.67 bits per heavy atom. The van der Waals surface area contributed by atoms with E-state index in [0.29, 0.717) is 13.0 Å². The zero-order chi connectivity index (χ0) is 15.4. The van der Waals surface area contributed by atoms with Crippen molar-refractivity contribution in [2.45, 2.75) is 13.3 Å². The first kappa shape index (κ1) is 15.0. The van der Waals surface area contributed by atoms with Gasteiger partial charge in [0.2, 0.25) is 0 Å². The van der Waals surface area contributed by atoms with Gasteiger partial charge in [-0.05, 0) is 48.7 Å². The standard InChI is InChI=1S/C16H15F2NO2/c1-10-9-12(17)6-5-11(10)7-8-19-15-13(16(20)21)3-2-4-14(15)18/h2-6,9,19H,7-8H2,1H3,(H,20,21). The summed E-state index contributed by atoms with van der Waals surface area (Å²) in [6, 6.07) is 8.38. The van der Waals surface area contributed by atoms with E-state index in [2.05, 4.69) is 5.32 Å². The summed E-state index contributed by atoms with van der Waals surface area (Å²) in [5, 5.41) is 11.8. The molecule has 0 amide bonds. The van der Waals surface area contributed by atoms with Crippen molar-refractivity contribution in [1.82, 2.24) is 0 Å². The van der Waals surface area contributed by atoms with Crippen molar-refractivity contribution < 1.29 is 18.7 Å². The third-order valence-electron chi connectivity index (χ3n) is 3.24. The lowest BCUT2D eigenvalue weighted by Gasteiger charge is -2.11. The highest BCUT2D eigenvalue weighted by molar-refractivity contribution is 5.94. The van der Waals surface area contributed by atoms with E-state index in [1.54, 1.807) is 13.0 Å². The Morgan fingerprint density at radius 1 is 1.24 bits per heavy atom. The van der Waals surface area contributed by atoms with Gasteiger partial charge in [-0.2, -0.15) is 0 Å². The number of carboxylic acids is 1. The monoisotopic (exact) mass is 291 g/mol. The maximum Gasteiger partial charge on any atom is 0.337 e. The zero-order valence-electron chi connectivity index (χ0n) is 11.5. The van der Waals surface area contributed by atoms with E-state index < -0.39 is 11.8 Å². The second kappa shape index (κ2) is 6.35. The van der Waals surface area contributed by atoms with Crippen LogP contribution in [0.1, 0.15) is 21.5 Å². The number of anilines is 1. The fraction of sp³-hybridized carbons (Fsp3) is 0.188. The van der Waals surface area contributed by atoms with Gasteiger partial charge < -0.3 is 10.4 Å². The van der Waals surface area contributed by atoms with Crippen molar-refractivity contribution in [3.05, 3.63) is 64.7 Å². The summed E-state index contributed by atoms with van der Waals surface area (Å²) in [7, 11) is 0. The average Bonchev–Trinajstić information content (AvgIpc) is 2.42. The van der Waals surface area contributed by atoms with Crippen LogP contribution in [0.4, 0.5) is 14.5 Å². The minimum absolute atomic E-state index is 0.0234. The molecule has 2 rings (SSSR count). The van der Waals surface area contributed by atoms with E-state index >= 15 is 0 Å². The average molecular weight is 291 g/mol. The number of aryl methyl sites for hydroxylation is 1. The molecule has 0 aromatic heterocycles. The van der Waals surface area contributed by atoms with Gasteiger partial charge in [-0.15, -0.1) is 0 Å². The molecule has 3 nitrogen and oxygen atoms in total. The number of nitrogens with one attached hydrogen (secondary N) is 1. The van der Waals surface area contributed by atoms with Gasteiger partial charge in [0.25, 0.3) is 0 Å². The van der Waals surface area contributed by atoms with Gasteiger partial charge in [-0.25, -0.2) is 13.6 Å². The second-order valence-electron chi connectivity index (χ2n) is 4.72. The molecule has 0 bridgehead atoms. The highest BCUT2D eigenvalue weighted by Crippen LogP contribution is 2.20. The number of aromatic carboxylic acids is 1. The van der Waals surface area contributed by atoms with Crippen LogP contribution < -0.4 is 5.32 Å². The molecule has 0 spiro atoms. The Hall–Kier alpha value is -2.43. The summed E-state index contributed by atoms with van der Waals surface area (Å²) in [4.78, 5) is 11.1. The fourth-order valence-electron chi connectivity index (χ4n) is 2.14. The molecule has 0 fully saturated rings. The smallest absolute Gasteiger partial charge is 0.337 e. The Bertz CT molecular complexity index is 671. The lowest BCUT2D eigenvalue weighted by molar-refractivity contribution is 0.0697. The molecular formula is C16H15F2NO2. The Morgan fingerprint density at radius 2 is 2.00 bits per heavy atom. The fourth-order valence-corrected chi connectivity index (χ4v) is 2.14. The predicted molar refractivity (Wildman–Crippen MR) is 76.7 cm³/mol. The minimum Gasteiger partial charge on any atom is -0.478 e. The largest absolute Gasteiger partial charge is 0.478 e. The van der Waals surface area contributed by atoms with E-state index in [1.165, 1.54) is 30.3 Å². The highest BCUT2D eigenvalue weighted by atomic mass is 19.1. The number of rotatable bonds is 5. The van der Waals surface area contributed by atoms with Gasteiger partial charge in [-0.3, -0.25) is 0 Å².